The Balaban J connectivity index is 1.78. The summed E-state index contributed by atoms with van der Waals surface area (Å²) in [5.74, 6) is 0. The summed E-state index contributed by atoms with van der Waals surface area (Å²) in [4.78, 5) is 12.9. The lowest BCUT2D eigenvalue weighted by molar-refractivity contribution is 0.0176. The molecule has 0 aromatic rings. The SMILES string of the molecule is O=C(O)N[C@@H]1CC[C@H](N2CCOCC2)C1. The van der Waals surface area contributed by atoms with Gasteiger partial charge in [-0.3, -0.25) is 4.90 Å². The van der Waals surface area contributed by atoms with Gasteiger partial charge >= 0.3 is 6.09 Å². The maximum absolute atomic E-state index is 10.5. The van der Waals surface area contributed by atoms with E-state index in [1.54, 1.807) is 0 Å². The predicted octanol–water partition coefficient (Wildman–Crippen LogP) is 0.507. The van der Waals surface area contributed by atoms with Crippen LogP contribution in [0.5, 0.6) is 0 Å². The van der Waals surface area contributed by atoms with Crippen LogP contribution in [0.3, 0.4) is 0 Å². The highest BCUT2D eigenvalue weighted by atomic mass is 16.5. The third-order valence-corrected chi connectivity index (χ3v) is 3.29. The van der Waals surface area contributed by atoms with Crippen LogP contribution in [0.2, 0.25) is 0 Å². The largest absolute Gasteiger partial charge is 0.465 e. The first-order valence-electron chi connectivity index (χ1n) is 5.57. The smallest absolute Gasteiger partial charge is 0.404 e. The van der Waals surface area contributed by atoms with Crippen LogP contribution in [-0.2, 0) is 4.74 Å². The van der Waals surface area contributed by atoms with Crippen molar-refractivity contribution in [3.63, 3.8) is 0 Å². The number of hydrogen-bond donors (Lipinski definition) is 2. The monoisotopic (exact) mass is 214 g/mol. The number of nitrogens with zero attached hydrogens (tertiary/aromatic N) is 1. The predicted molar refractivity (Wildman–Crippen MR) is 55.0 cm³/mol. The molecule has 5 heteroatoms. The summed E-state index contributed by atoms with van der Waals surface area (Å²) in [6.45, 7) is 3.61. The normalized spacial score (nSPS) is 32.8. The molecule has 0 radical (unpaired) electrons. The van der Waals surface area contributed by atoms with E-state index in [4.69, 9.17) is 9.84 Å². The van der Waals surface area contributed by atoms with E-state index in [0.29, 0.717) is 6.04 Å². The van der Waals surface area contributed by atoms with Gasteiger partial charge in [-0.2, -0.15) is 0 Å². The van der Waals surface area contributed by atoms with Crippen molar-refractivity contribution in [1.29, 1.82) is 0 Å². The Bertz CT molecular complexity index is 229. The van der Waals surface area contributed by atoms with Gasteiger partial charge in [0.25, 0.3) is 0 Å². The average molecular weight is 214 g/mol. The number of morpholine rings is 1. The number of nitrogens with one attached hydrogen (secondary N) is 1. The van der Waals surface area contributed by atoms with E-state index in [-0.39, 0.29) is 6.04 Å². The van der Waals surface area contributed by atoms with Crippen molar-refractivity contribution in [2.24, 2.45) is 0 Å². The lowest BCUT2D eigenvalue weighted by Crippen LogP contribution is -2.43. The van der Waals surface area contributed by atoms with Crippen molar-refractivity contribution >= 4 is 6.09 Å². The molecular weight excluding hydrogens is 196 g/mol. The fourth-order valence-corrected chi connectivity index (χ4v) is 2.54. The van der Waals surface area contributed by atoms with E-state index in [0.717, 1.165) is 45.6 Å². The molecule has 86 valence electrons. The zero-order valence-electron chi connectivity index (χ0n) is 8.82. The molecule has 0 aromatic heterocycles. The zero-order valence-corrected chi connectivity index (χ0v) is 8.82. The quantitative estimate of drug-likeness (QED) is 0.703. The Morgan fingerprint density at radius 2 is 2.07 bits per heavy atom. The van der Waals surface area contributed by atoms with Crippen LogP contribution in [0.4, 0.5) is 4.79 Å². The van der Waals surface area contributed by atoms with Gasteiger partial charge in [0, 0.05) is 25.2 Å². The van der Waals surface area contributed by atoms with Gasteiger partial charge in [-0.1, -0.05) is 0 Å². The first kappa shape index (κ1) is 10.7. The molecule has 0 unspecified atom stereocenters. The molecule has 5 nitrogen and oxygen atoms in total. The standard InChI is InChI=1S/C10H18N2O3/c13-10(14)11-8-1-2-9(7-8)12-3-5-15-6-4-12/h8-9,11H,1-7H2,(H,13,14)/t8-,9+/m1/s1. The van der Waals surface area contributed by atoms with Crippen molar-refractivity contribution in [3.05, 3.63) is 0 Å². The molecule has 1 aliphatic carbocycles. The first-order valence-corrected chi connectivity index (χ1v) is 5.57. The molecule has 0 bridgehead atoms. The number of hydrogen-bond acceptors (Lipinski definition) is 3. The third kappa shape index (κ3) is 2.82. The van der Waals surface area contributed by atoms with Gasteiger partial charge in [0.05, 0.1) is 13.2 Å². The van der Waals surface area contributed by atoms with E-state index >= 15 is 0 Å². The van der Waals surface area contributed by atoms with Crippen LogP contribution < -0.4 is 5.32 Å². The molecule has 1 saturated heterocycles. The Morgan fingerprint density at radius 3 is 2.73 bits per heavy atom. The summed E-state index contributed by atoms with van der Waals surface area (Å²) in [5, 5.41) is 11.2. The Morgan fingerprint density at radius 1 is 1.33 bits per heavy atom. The fourth-order valence-electron chi connectivity index (χ4n) is 2.54. The van der Waals surface area contributed by atoms with Crippen LogP contribution in [0, 0.1) is 0 Å². The summed E-state index contributed by atoms with van der Waals surface area (Å²) in [6.07, 6.45) is 2.12. The molecule has 2 atom stereocenters. The van der Waals surface area contributed by atoms with Crippen molar-refractivity contribution in [2.75, 3.05) is 26.3 Å². The molecule has 2 aliphatic rings. The Kier molecular flexibility index (Phi) is 3.43. The second-order valence-electron chi connectivity index (χ2n) is 4.26. The molecule has 2 N–H and O–H groups in total. The minimum Gasteiger partial charge on any atom is -0.465 e. The third-order valence-electron chi connectivity index (χ3n) is 3.29. The highest BCUT2D eigenvalue weighted by Crippen LogP contribution is 2.24. The zero-order chi connectivity index (χ0) is 10.7. The molecule has 2 rings (SSSR count). The number of carbonyl (C=O) groups is 1. The van der Waals surface area contributed by atoms with Crippen LogP contribution in [0.15, 0.2) is 0 Å². The van der Waals surface area contributed by atoms with Crippen LogP contribution in [0.25, 0.3) is 0 Å². The second-order valence-corrected chi connectivity index (χ2v) is 4.26. The minimum atomic E-state index is -0.900. The van der Waals surface area contributed by atoms with Gasteiger partial charge in [0.15, 0.2) is 0 Å². The van der Waals surface area contributed by atoms with E-state index in [9.17, 15) is 4.79 Å². The van der Waals surface area contributed by atoms with Gasteiger partial charge in [-0.15, -0.1) is 0 Å². The van der Waals surface area contributed by atoms with Crippen LogP contribution in [0.1, 0.15) is 19.3 Å². The van der Waals surface area contributed by atoms with Crippen molar-refractivity contribution in [1.82, 2.24) is 10.2 Å². The number of ether oxygens (including phenoxy) is 1. The summed E-state index contributed by atoms with van der Waals surface area (Å²) in [7, 11) is 0. The molecule has 0 aromatic carbocycles. The second kappa shape index (κ2) is 4.81. The van der Waals surface area contributed by atoms with Crippen molar-refractivity contribution in [2.45, 2.75) is 31.3 Å². The summed E-state index contributed by atoms with van der Waals surface area (Å²) < 4.78 is 5.30. The topological polar surface area (TPSA) is 61.8 Å². The first-order chi connectivity index (χ1) is 7.25. The lowest BCUT2D eigenvalue weighted by atomic mass is 10.2. The molecule has 1 amide bonds. The maximum Gasteiger partial charge on any atom is 0.404 e. The van der Waals surface area contributed by atoms with Gasteiger partial charge in [-0.25, -0.2) is 4.79 Å². The van der Waals surface area contributed by atoms with E-state index in [1.807, 2.05) is 0 Å². The highest BCUT2D eigenvalue weighted by molar-refractivity contribution is 5.64. The van der Waals surface area contributed by atoms with E-state index < -0.39 is 6.09 Å². The molecule has 1 aliphatic heterocycles. The van der Waals surface area contributed by atoms with E-state index in [1.165, 1.54) is 0 Å². The summed E-state index contributed by atoms with van der Waals surface area (Å²) in [5.41, 5.74) is 0. The Labute approximate surface area is 89.4 Å². The molecular formula is C10H18N2O3. The fraction of sp³-hybridized carbons (Fsp3) is 0.900. The molecule has 15 heavy (non-hydrogen) atoms. The van der Waals surface area contributed by atoms with Gasteiger partial charge in [-0.05, 0) is 19.3 Å². The highest BCUT2D eigenvalue weighted by Gasteiger charge is 2.30. The molecule has 1 saturated carbocycles. The van der Waals surface area contributed by atoms with Crippen LogP contribution >= 0.6 is 0 Å². The average Bonchev–Trinajstić information content (AvgIpc) is 2.67. The molecule has 0 spiro atoms. The summed E-state index contributed by atoms with van der Waals surface area (Å²) in [6, 6.07) is 0.695. The van der Waals surface area contributed by atoms with Crippen molar-refractivity contribution in [3.8, 4) is 0 Å². The van der Waals surface area contributed by atoms with E-state index in [2.05, 4.69) is 10.2 Å². The minimum absolute atomic E-state index is 0.148. The maximum atomic E-state index is 10.5. The molecule has 2 fully saturated rings. The van der Waals surface area contributed by atoms with Gasteiger partial charge in [0.1, 0.15) is 0 Å². The Hall–Kier alpha value is -0.810. The summed E-state index contributed by atoms with van der Waals surface area (Å²) >= 11 is 0. The number of carboxylic acid groups (broad SMARTS) is 1. The van der Waals surface area contributed by atoms with Crippen molar-refractivity contribution < 1.29 is 14.6 Å². The van der Waals surface area contributed by atoms with Gasteiger partial charge in [0.2, 0.25) is 0 Å². The number of amides is 1. The molecule has 1 heterocycles. The number of rotatable bonds is 2. The van der Waals surface area contributed by atoms with Gasteiger partial charge < -0.3 is 15.2 Å². The van der Waals surface area contributed by atoms with Crippen LogP contribution in [-0.4, -0.2) is 54.5 Å². The lowest BCUT2D eigenvalue weighted by Gasteiger charge is -2.32.